The van der Waals surface area contributed by atoms with Crippen molar-refractivity contribution in [2.24, 2.45) is 0 Å². The van der Waals surface area contributed by atoms with E-state index in [9.17, 15) is 14.4 Å². The summed E-state index contributed by atoms with van der Waals surface area (Å²) in [5, 5.41) is 4.69. The number of amides is 4. The Bertz CT molecular complexity index is 999. The summed E-state index contributed by atoms with van der Waals surface area (Å²) >= 11 is 0.814. The minimum atomic E-state index is -0.457. The highest BCUT2D eigenvalue weighted by molar-refractivity contribution is 8.18. The molecule has 30 heavy (non-hydrogen) atoms. The molecule has 3 heterocycles. The number of imide groups is 1. The van der Waals surface area contributed by atoms with E-state index >= 15 is 0 Å². The molecule has 2 fully saturated rings. The number of para-hydroxylation sites is 1. The van der Waals surface area contributed by atoms with Gasteiger partial charge in [-0.25, -0.2) is 14.8 Å². The number of nitrogens with one attached hydrogen (secondary N) is 2. The van der Waals surface area contributed by atoms with Crippen molar-refractivity contribution in [3.8, 4) is 0 Å². The van der Waals surface area contributed by atoms with Gasteiger partial charge in [-0.3, -0.25) is 14.9 Å². The fourth-order valence-electron chi connectivity index (χ4n) is 3.10. The summed E-state index contributed by atoms with van der Waals surface area (Å²) in [7, 11) is 0. The fourth-order valence-corrected chi connectivity index (χ4v) is 3.76. The quantitative estimate of drug-likeness (QED) is 0.716. The van der Waals surface area contributed by atoms with E-state index in [0.717, 1.165) is 23.9 Å². The van der Waals surface area contributed by atoms with E-state index in [2.05, 4.69) is 25.6 Å². The molecule has 154 valence electrons. The molecular weight excluding hydrogens is 406 g/mol. The molecule has 2 N–H and O–H groups in total. The highest BCUT2D eigenvalue weighted by Crippen LogP contribution is 2.24. The number of thioether (sulfide) groups is 1. The molecule has 1 aromatic heterocycles. The SMILES string of the molecule is O=C1NC(=O)/C(=C\c2ncnc(N3CCCN(C(=O)Nc4ccccc4)CC3)n2)S1. The third-order valence-electron chi connectivity index (χ3n) is 4.57. The van der Waals surface area contributed by atoms with E-state index in [1.54, 1.807) is 4.90 Å². The molecule has 0 aliphatic carbocycles. The molecule has 11 heteroatoms. The van der Waals surface area contributed by atoms with Gasteiger partial charge in [-0.2, -0.15) is 4.98 Å². The molecule has 0 atom stereocenters. The van der Waals surface area contributed by atoms with Gasteiger partial charge >= 0.3 is 6.03 Å². The second kappa shape index (κ2) is 8.91. The summed E-state index contributed by atoms with van der Waals surface area (Å²) in [5.41, 5.74) is 0.756. The Kier molecular flexibility index (Phi) is 5.89. The summed E-state index contributed by atoms with van der Waals surface area (Å²) in [6.07, 6.45) is 3.60. The Morgan fingerprint density at radius 3 is 2.70 bits per heavy atom. The van der Waals surface area contributed by atoms with Gasteiger partial charge < -0.3 is 15.1 Å². The third kappa shape index (κ3) is 4.74. The largest absolute Gasteiger partial charge is 0.339 e. The van der Waals surface area contributed by atoms with Crippen molar-refractivity contribution >= 4 is 46.7 Å². The Morgan fingerprint density at radius 1 is 1.10 bits per heavy atom. The average molecular weight is 425 g/mol. The number of rotatable bonds is 3. The van der Waals surface area contributed by atoms with Crippen LogP contribution in [0.1, 0.15) is 12.2 Å². The summed E-state index contributed by atoms with van der Waals surface area (Å²) < 4.78 is 0. The van der Waals surface area contributed by atoms with Gasteiger partial charge in [-0.15, -0.1) is 0 Å². The van der Waals surface area contributed by atoms with E-state index in [1.165, 1.54) is 12.4 Å². The summed E-state index contributed by atoms with van der Waals surface area (Å²) in [6, 6.07) is 9.19. The summed E-state index contributed by atoms with van der Waals surface area (Å²) in [6.45, 7) is 2.39. The molecule has 2 saturated heterocycles. The van der Waals surface area contributed by atoms with Crippen LogP contribution in [0, 0.1) is 0 Å². The van der Waals surface area contributed by atoms with Crippen LogP contribution in [0.25, 0.3) is 6.08 Å². The van der Waals surface area contributed by atoms with Crippen LogP contribution in [-0.2, 0) is 4.79 Å². The molecule has 0 unspecified atom stereocenters. The lowest BCUT2D eigenvalue weighted by molar-refractivity contribution is -0.115. The van der Waals surface area contributed by atoms with Crippen molar-refractivity contribution in [1.82, 2.24) is 25.2 Å². The van der Waals surface area contributed by atoms with E-state index in [0.29, 0.717) is 38.0 Å². The van der Waals surface area contributed by atoms with Gasteiger partial charge in [0.2, 0.25) is 5.95 Å². The molecule has 2 aliphatic heterocycles. The molecule has 2 aliphatic rings. The smallest absolute Gasteiger partial charge is 0.321 e. The van der Waals surface area contributed by atoms with Crippen LogP contribution in [0.4, 0.5) is 21.2 Å². The van der Waals surface area contributed by atoms with Gasteiger partial charge in [-0.1, -0.05) is 18.2 Å². The normalized spacial score (nSPS) is 18.3. The van der Waals surface area contributed by atoms with Crippen LogP contribution in [0.2, 0.25) is 0 Å². The Labute approximate surface area is 176 Å². The van der Waals surface area contributed by atoms with Gasteiger partial charge in [-0.05, 0) is 30.3 Å². The van der Waals surface area contributed by atoms with Crippen LogP contribution in [0.5, 0.6) is 0 Å². The Balaban J connectivity index is 1.41. The maximum Gasteiger partial charge on any atom is 0.321 e. The fraction of sp³-hybridized carbons (Fsp3) is 0.263. The van der Waals surface area contributed by atoms with Gasteiger partial charge in [0.25, 0.3) is 11.1 Å². The molecule has 0 spiro atoms. The van der Waals surface area contributed by atoms with Gasteiger partial charge in [0, 0.05) is 37.9 Å². The summed E-state index contributed by atoms with van der Waals surface area (Å²) in [5.74, 6) is 0.314. The monoisotopic (exact) mass is 425 g/mol. The molecule has 2 aromatic rings. The predicted molar refractivity (Wildman–Crippen MR) is 113 cm³/mol. The molecule has 0 saturated carbocycles. The van der Waals surface area contributed by atoms with Crippen molar-refractivity contribution in [3.63, 3.8) is 0 Å². The number of anilines is 2. The van der Waals surface area contributed by atoms with Crippen LogP contribution in [0.3, 0.4) is 0 Å². The second-order valence-electron chi connectivity index (χ2n) is 6.62. The molecule has 0 radical (unpaired) electrons. The first kappa shape index (κ1) is 19.8. The van der Waals surface area contributed by atoms with E-state index in [4.69, 9.17) is 0 Å². The van der Waals surface area contributed by atoms with Gasteiger partial charge in [0.1, 0.15) is 6.33 Å². The number of nitrogens with zero attached hydrogens (tertiary/aromatic N) is 5. The number of carbonyl (C=O) groups excluding carboxylic acids is 3. The van der Waals surface area contributed by atoms with Gasteiger partial charge in [0.05, 0.1) is 4.91 Å². The lowest BCUT2D eigenvalue weighted by Gasteiger charge is -2.22. The molecule has 4 amide bonds. The lowest BCUT2D eigenvalue weighted by atomic mass is 10.3. The van der Waals surface area contributed by atoms with Gasteiger partial charge in [0.15, 0.2) is 5.82 Å². The molecule has 10 nitrogen and oxygen atoms in total. The maximum atomic E-state index is 12.5. The van der Waals surface area contributed by atoms with Crippen LogP contribution in [-0.4, -0.2) is 63.2 Å². The minimum Gasteiger partial charge on any atom is -0.339 e. The van der Waals surface area contributed by atoms with Crippen LogP contribution in [0.15, 0.2) is 41.6 Å². The number of benzene rings is 1. The number of aromatic nitrogens is 3. The first-order valence-corrected chi connectivity index (χ1v) is 10.2. The standard InChI is InChI=1S/C19H19N7O3S/c27-16-14(30-19(29)24-16)11-15-20-12-21-17(23-15)25-7-4-8-26(10-9-25)18(28)22-13-5-2-1-3-6-13/h1-3,5-6,11-12H,4,7-10H2,(H,22,28)(H,24,27,29)/b14-11+. The average Bonchev–Trinajstić information content (AvgIpc) is 2.94. The number of carbonyl (C=O) groups is 3. The molecule has 1 aromatic carbocycles. The minimum absolute atomic E-state index is 0.141. The zero-order chi connectivity index (χ0) is 20.9. The first-order valence-electron chi connectivity index (χ1n) is 9.38. The van der Waals surface area contributed by atoms with Crippen molar-refractivity contribution in [2.45, 2.75) is 6.42 Å². The third-order valence-corrected chi connectivity index (χ3v) is 5.38. The van der Waals surface area contributed by atoms with Crippen molar-refractivity contribution < 1.29 is 14.4 Å². The number of hydrogen-bond acceptors (Lipinski definition) is 8. The van der Waals surface area contributed by atoms with Crippen LogP contribution < -0.4 is 15.5 Å². The molecular formula is C19H19N7O3S. The van der Waals surface area contributed by atoms with E-state index < -0.39 is 11.1 Å². The van der Waals surface area contributed by atoms with Crippen molar-refractivity contribution in [1.29, 1.82) is 0 Å². The number of urea groups is 1. The Hall–Kier alpha value is -3.47. The molecule has 0 bridgehead atoms. The number of hydrogen-bond donors (Lipinski definition) is 2. The highest BCUT2D eigenvalue weighted by atomic mass is 32.2. The maximum absolute atomic E-state index is 12.5. The zero-order valence-electron chi connectivity index (χ0n) is 15.9. The molecule has 4 rings (SSSR count). The Morgan fingerprint density at radius 2 is 1.93 bits per heavy atom. The van der Waals surface area contributed by atoms with E-state index in [1.807, 2.05) is 35.2 Å². The first-order chi connectivity index (χ1) is 14.6. The summed E-state index contributed by atoms with van der Waals surface area (Å²) in [4.78, 5) is 52.2. The van der Waals surface area contributed by atoms with Crippen molar-refractivity contribution in [3.05, 3.63) is 47.4 Å². The van der Waals surface area contributed by atoms with Crippen molar-refractivity contribution in [2.75, 3.05) is 36.4 Å². The highest BCUT2D eigenvalue weighted by Gasteiger charge is 2.26. The predicted octanol–water partition coefficient (Wildman–Crippen LogP) is 1.94. The zero-order valence-corrected chi connectivity index (χ0v) is 16.8. The lowest BCUT2D eigenvalue weighted by Crippen LogP contribution is -2.38. The van der Waals surface area contributed by atoms with E-state index in [-0.39, 0.29) is 10.9 Å². The second-order valence-corrected chi connectivity index (χ2v) is 7.63. The topological polar surface area (TPSA) is 120 Å². The van der Waals surface area contributed by atoms with Crippen LogP contribution >= 0.6 is 11.8 Å².